The highest BCUT2D eigenvalue weighted by atomic mass is 16.5. The van der Waals surface area contributed by atoms with Crippen molar-refractivity contribution < 1.29 is 24.5 Å². The second-order valence-corrected chi connectivity index (χ2v) is 19.7. The molecule has 0 aliphatic rings. The van der Waals surface area contributed by atoms with Gasteiger partial charge in [0.2, 0.25) is 5.91 Å². The molecular formula is C57H111NO5. The number of carbonyl (C=O) groups is 2. The Labute approximate surface area is 393 Å². The van der Waals surface area contributed by atoms with Gasteiger partial charge in [-0.05, 0) is 51.4 Å². The Hall–Kier alpha value is -1.40. The van der Waals surface area contributed by atoms with Crippen molar-refractivity contribution in [1.29, 1.82) is 0 Å². The summed E-state index contributed by atoms with van der Waals surface area (Å²) in [4.78, 5) is 26.2. The summed E-state index contributed by atoms with van der Waals surface area (Å²) >= 11 is 0. The zero-order valence-electron chi connectivity index (χ0n) is 42.7. The number of ether oxygens (including phenoxy) is 1. The summed E-state index contributed by atoms with van der Waals surface area (Å²) in [5, 5.41) is 23.8. The number of carbonyl (C=O) groups excluding carboxylic acids is 2. The normalized spacial score (nSPS) is 13.2. The van der Waals surface area contributed by atoms with Gasteiger partial charge in [0, 0.05) is 6.42 Å². The molecule has 0 fully saturated rings. The molecule has 0 saturated heterocycles. The second-order valence-electron chi connectivity index (χ2n) is 19.7. The van der Waals surface area contributed by atoms with E-state index in [0.717, 1.165) is 44.9 Å². The number of allylic oxidation sites excluding steroid dienone is 2. The molecule has 6 heteroatoms. The van der Waals surface area contributed by atoms with Gasteiger partial charge in [-0.15, -0.1) is 0 Å². The molecule has 0 radical (unpaired) electrons. The van der Waals surface area contributed by atoms with Gasteiger partial charge in [0.05, 0.1) is 25.2 Å². The van der Waals surface area contributed by atoms with Gasteiger partial charge >= 0.3 is 5.97 Å². The number of rotatable bonds is 52. The van der Waals surface area contributed by atoms with Crippen LogP contribution in [0, 0.1) is 0 Å². The Kier molecular flexibility index (Phi) is 50.4. The largest absolute Gasteiger partial charge is 0.462 e. The van der Waals surface area contributed by atoms with Crippen molar-refractivity contribution in [3.05, 3.63) is 12.2 Å². The van der Waals surface area contributed by atoms with Gasteiger partial charge in [-0.2, -0.15) is 0 Å². The summed E-state index contributed by atoms with van der Waals surface area (Å²) < 4.78 is 5.96. The van der Waals surface area contributed by atoms with Crippen LogP contribution in [0.2, 0.25) is 0 Å². The Morgan fingerprint density at radius 2 is 0.762 bits per heavy atom. The first-order valence-electron chi connectivity index (χ1n) is 28.4. The number of hydrogen-bond donors (Lipinski definition) is 3. The summed E-state index contributed by atoms with van der Waals surface area (Å²) in [6, 6.07) is -0.696. The maximum Gasteiger partial charge on any atom is 0.306 e. The van der Waals surface area contributed by atoms with Crippen LogP contribution in [0.5, 0.6) is 0 Å². The number of amides is 1. The molecular weight excluding hydrogens is 779 g/mol. The Bertz CT molecular complexity index is 955. The third kappa shape index (κ3) is 46.9. The second kappa shape index (κ2) is 51.6. The predicted molar refractivity (Wildman–Crippen MR) is 273 cm³/mol. The van der Waals surface area contributed by atoms with Crippen molar-refractivity contribution in [1.82, 2.24) is 5.32 Å². The lowest BCUT2D eigenvalue weighted by atomic mass is 10.0. The molecule has 0 spiro atoms. The molecule has 0 aliphatic heterocycles. The Morgan fingerprint density at radius 1 is 0.444 bits per heavy atom. The van der Waals surface area contributed by atoms with E-state index in [1.165, 1.54) is 225 Å². The molecule has 63 heavy (non-hydrogen) atoms. The van der Waals surface area contributed by atoms with Crippen LogP contribution >= 0.6 is 0 Å². The van der Waals surface area contributed by atoms with Gasteiger partial charge < -0.3 is 20.3 Å². The summed E-state index contributed by atoms with van der Waals surface area (Å²) in [7, 11) is 0. The van der Waals surface area contributed by atoms with Crippen molar-refractivity contribution in [3.8, 4) is 0 Å². The van der Waals surface area contributed by atoms with E-state index >= 15 is 0 Å². The summed E-state index contributed by atoms with van der Waals surface area (Å²) in [6.45, 7) is 6.52. The molecule has 0 rings (SSSR count). The summed E-state index contributed by atoms with van der Waals surface area (Å²) in [5.41, 5.74) is 0. The van der Waals surface area contributed by atoms with Crippen LogP contribution in [-0.4, -0.2) is 46.9 Å². The van der Waals surface area contributed by atoms with Gasteiger partial charge in [0.15, 0.2) is 0 Å². The van der Waals surface area contributed by atoms with Crippen LogP contribution < -0.4 is 5.32 Å². The molecule has 374 valence electrons. The fourth-order valence-electron chi connectivity index (χ4n) is 9.02. The minimum atomic E-state index is -0.782. The van der Waals surface area contributed by atoms with Crippen molar-refractivity contribution in [2.24, 2.45) is 0 Å². The number of nitrogens with one attached hydrogen (secondary N) is 1. The van der Waals surface area contributed by atoms with Gasteiger partial charge in [-0.3, -0.25) is 9.59 Å². The molecule has 0 aromatic carbocycles. The summed E-state index contributed by atoms with van der Waals surface area (Å²) in [5.74, 6) is -0.456. The molecule has 0 aromatic heterocycles. The van der Waals surface area contributed by atoms with Crippen LogP contribution in [0.25, 0.3) is 0 Å². The standard InChI is InChI=1S/C57H111NO5/c1-4-7-10-13-16-19-22-25-27-28-29-32-35-38-41-44-47-50-57(62)63-53(48-45-42-39-36-33-31-26-23-20-17-14-11-8-5-2)51-56(61)58-54(52-59)55(60)49-46-43-40-37-34-30-24-21-18-15-12-9-6-3/h25,27,53-55,59-60H,4-24,26,28-52H2,1-3H3,(H,58,61)/b27-25+. The fraction of sp³-hybridized carbons (Fsp3) is 0.930. The first-order valence-corrected chi connectivity index (χ1v) is 28.4. The molecule has 3 N–H and O–H groups in total. The van der Waals surface area contributed by atoms with Crippen LogP contribution in [0.4, 0.5) is 0 Å². The Balaban J connectivity index is 4.51. The molecule has 6 nitrogen and oxygen atoms in total. The fourth-order valence-corrected chi connectivity index (χ4v) is 9.02. The lowest BCUT2D eigenvalue weighted by Crippen LogP contribution is -2.46. The molecule has 0 aromatic rings. The molecule has 0 saturated carbocycles. The smallest absolute Gasteiger partial charge is 0.306 e. The summed E-state index contributed by atoms with van der Waals surface area (Å²) in [6.07, 6.45) is 58.4. The van der Waals surface area contributed by atoms with Gasteiger partial charge in [0.1, 0.15) is 6.10 Å². The first kappa shape index (κ1) is 61.6. The van der Waals surface area contributed by atoms with Crippen LogP contribution in [0.15, 0.2) is 12.2 Å². The lowest BCUT2D eigenvalue weighted by Gasteiger charge is -2.24. The van der Waals surface area contributed by atoms with Crippen LogP contribution in [-0.2, 0) is 14.3 Å². The maximum atomic E-state index is 13.2. The average Bonchev–Trinajstić information content (AvgIpc) is 3.28. The SMILES string of the molecule is CCCCCCCC/C=C/CCCCCCCCCC(=O)OC(CCCCCCCCCCCCCCCC)CC(=O)NC(CO)C(O)CCCCCCCCCCCCCCC. The van der Waals surface area contributed by atoms with E-state index in [2.05, 4.69) is 38.2 Å². The third-order valence-corrected chi connectivity index (χ3v) is 13.3. The lowest BCUT2D eigenvalue weighted by molar-refractivity contribution is -0.151. The van der Waals surface area contributed by atoms with E-state index in [-0.39, 0.29) is 24.9 Å². The molecule has 3 atom stereocenters. The van der Waals surface area contributed by atoms with Crippen molar-refractivity contribution in [3.63, 3.8) is 0 Å². The van der Waals surface area contributed by atoms with Crippen molar-refractivity contribution in [2.45, 2.75) is 334 Å². The predicted octanol–water partition coefficient (Wildman–Crippen LogP) is 17.3. The van der Waals surface area contributed by atoms with E-state index < -0.39 is 18.2 Å². The quantitative estimate of drug-likeness (QED) is 0.0321. The molecule has 3 unspecified atom stereocenters. The monoisotopic (exact) mass is 890 g/mol. The average molecular weight is 891 g/mol. The molecule has 0 heterocycles. The first-order chi connectivity index (χ1) is 31.0. The van der Waals surface area contributed by atoms with Crippen molar-refractivity contribution >= 4 is 11.9 Å². The number of aliphatic hydroxyl groups excluding tert-OH is 2. The Morgan fingerprint density at radius 3 is 1.13 bits per heavy atom. The molecule has 1 amide bonds. The highest BCUT2D eigenvalue weighted by Crippen LogP contribution is 2.19. The van der Waals surface area contributed by atoms with E-state index in [0.29, 0.717) is 19.3 Å². The van der Waals surface area contributed by atoms with Gasteiger partial charge in [0.25, 0.3) is 0 Å². The maximum absolute atomic E-state index is 13.2. The number of unbranched alkanes of at least 4 members (excludes halogenated alkanes) is 38. The van der Waals surface area contributed by atoms with Gasteiger partial charge in [-0.25, -0.2) is 0 Å². The van der Waals surface area contributed by atoms with Crippen LogP contribution in [0.3, 0.4) is 0 Å². The number of esters is 1. The zero-order chi connectivity index (χ0) is 45.9. The minimum absolute atomic E-state index is 0.0837. The van der Waals surface area contributed by atoms with Gasteiger partial charge in [-0.1, -0.05) is 264 Å². The number of aliphatic hydroxyl groups is 2. The minimum Gasteiger partial charge on any atom is -0.462 e. The third-order valence-electron chi connectivity index (χ3n) is 13.3. The number of hydrogen-bond acceptors (Lipinski definition) is 5. The van der Waals surface area contributed by atoms with E-state index in [4.69, 9.17) is 4.74 Å². The zero-order valence-corrected chi connectivity index (χ0v) is 42.7. The van der Waals surface area contributed by atoms with E-state index in [9.17, 15) is 19.8 Å². The molecule has 0 aliphatic carbocycles. The highest BCUT2D eigenvalue weighted by molar-refractivity contribution is 5.77. The van der Waals surface area contributed by atoms with Crippen LogP contribution in [0.1, 0.15) is 316 Å². The van der Waals surface area contributed by atoms with E-state index in [1.807, 2.05) is 0 Å². The topological polar surface area (TPSA) is 95.9 Å². The molecule has 0 bridgehead atoms. The highest BCUT2D eigenvalue weighted by Gasteiger charge is 2.24. The van der Waals surface area contributed by atoms with Crippen molar-refractivity contribution in [2.75, 3.05) is 6.61 Å². The van der Waals surface area contributed by atoms with E-state index in [1.54, 1.807) is 0 Å².